The Morgan fingerprint density at radius 3 is 1.26 bits per heavy atom. The second kappa shape index (κ2) is 7.60. The van der Waals surface area contributed by atoms with Crippen LogP contribution in [0.4, 0.5) is 52.7 Å². The monoisotopic (exact) mass is 618 g/mol. The van der Waals surface area contributed by atoms with Gasteiger partial charge >= 0.3 is 24.7 Å². The van der Waals surface area contributed by atoms with Gasteiger partial charge < -0.3 is 0 Å². The smallest absolute Gasteiger partial charge is 0.171 e. The largest absolute Gasteiger partial charge is 0.394 e. The minimum Gasteiger partial charge on any atom is -0.171 e. The maximum absolute atomic E-state index is 15.2. The number of hydrogen-bond donors (Lipinski definition) is 0. The highest BCUT2D eigenvalue weighted by atomic mass is 19.4. The molecule has 0 heterocycles. The van der Waals surface area contributed by atoms with Crippen molar-refractivity contribution < 1.29 is 52.7 Å². The molecule has 8 fully saturated rings. The molecule has 12 heteroatoms. The molecular weight excluding hydrogens is 588 g/mol. The van der Waals surface area contributed by atoms with Crippen molar-refractivity contribution in [2.75, 3.05) is 0 Å². The van der Waals surface area contributed by atoms with Crippen molar-refractivity contribution in [3.05, 3.63) is 35.9 Å². The second-order valence-corrected chi connectivity index (χ2v) is 15.4. The van der Waals surface area contributed by atoms with Crippen LogP contribution in [0.1, 0.15) is 82.6 Å². The van der Waals surface area contributed by atoms with Gasteiger partial charge in [-0.05, 0) is 105 Å². The Bertz CT molecular complexity index is 1220. The molecule has 0 spiro atoms. The first-order valence-electron chi connectivity index (χ1n) is 14.3. The van der Waals surface area contributed by atoms with Crippen LogP contribution < -0.4 is 0 Å². The first-order chi connectivity index (χ1) is 19.0. The highest BCUT2D eigenvalue weighted by molar-refractivity contribution is 5.37. The van der Waals surface area contributed by atoms with Gasteiger partial charge in [0.2, 0.25) is 0 Å². The molecule has 1 aromatic carbocycles. The standard InChI is InChI=1S/C30H30F12/c31-27(32,33)22-7-18-6-21(12-22,13-23(8-18,14-22)28(34,35)36)24-9-20(19-4-2-1-3-5-19)10-25(15-24,29(37,38)39)17-26(11-20,16-24)30(40,41)42/h1-5,18H,6-17H2. The van der Waals surface area contributed by atoms with Crippen molar-refractivity contribution in [2.45, 2.75) is 107 Å². The summed E-state index contributed by atoms with van der Waals surface area (Å²) in [5, 5.41) is 0. The molecule has 8 bridgehead atoms. The van der Waals surface area contributed by atoms with E-state index < -0.39 is 133 Å². The SMILES string of the molecule is FC(F)(F)C12CC3CC(C(F)(F)F)(C1)CC(C14CC5(c6ccccc6)CC(C(F)(F)F)(CC(C(F)(F)F)(C5)C1)C4)(C3)C2. The zero-order valence-electron chi connectivity index (χ0n) is 22.5. The summed E-state index contributed by atoms with van der Waals surface area (Å²) in [5.74, 6) is -1.08. The minimum absolute atomic E-state index is 0.199. The molecular formula is C30H30F12. The van der Waals surface area contributed by atoms with Crippen LogP contribution in [0.25, 0.3) is 0 Å². The third-order valence-corrected chi connectivity index (χ3v) is 13.0. The molecule has 9 rings (SSSR count). The van der Waals surface area contributed by atoms with Gasteiger partial charge in [-0.1, -0.05) is 30.3 Å². The van der Waals surface area contributed by atoms with Crippen LogP contribution in [0.5, 0.6) is 0 Å². The van der Waals surface area contributed by atoms with Crippen LogP contribution in [0.15, 0.2) is 30.3 Å². The molecule has 8 aliphatic carbocycles. The molecule has 0 amide bonds. The Kier molecular flexibility index (Phi) is 5.27. The van der Waals surface area contributed by atoms with E-state index in [0.717, 1.165) is 0 Å². The number of rotatable bonds is 2. The van der Waals surface area contributed by atoms with Crippen molar-refractivity contribution in [2.24, 2.45) is 38.4 Å². The third kappa shape index (κ3) is 3.36. The van der Waals surface area contributed by atoms with Crippen LogP contribution in [-0.2, 0) is 5.41 Å². The van der Waals surface area contributed by atoms with Gasteiger partial charge in [0, 0.05) is 0 Å². The second-order valence-electron chi connectivity index (χ2n) is 15.4. The molecule has 0 N–H and O–H groups in total. The topological polar surface area (TPSA) is 0 Å². The Labute approximate surface area is 234 Å². The number of benzene rings is 1. The fourth-order valence-corrected chi connectivity index (χ4v) is 12.6. The van der Waals surface area contributed by atoms with Crippen molar-refractivity contribution in [3.8, 4) is 0 Å². The van der Waals surface area contributed by atoms with Crippen LogP contribution in [0, 0.1) is 38.4 Å². The summed E-state index contributed by atoms with van der Waals surface area (Å²) in [5.41, 5.74) is -16.7. The van der Waals surface area contributed by atoms with Gasteiger partial charge in [0.05, 0.1) is 21.7 Å². The van der Waals surface area contributed by atoms with E-state index >= 15 is 26.3 Å². The van der Waals surface area contributed by atoms with E-state index in [1.165, 1.54) is 24.3 Å². The van der Waals surface area contributed by atoms with Crippen LogP contribution in [0.2, 0.25) is 0 Å². The molecule has 4 unspecified atom stereocenters. The molecule has 8 saturated carbocycles. The lowest BCUT2D eigenvalue weighted by Crippen LogP contribution is -2.75. The van der Waals surface area contributed by atoms with Gasteiger partial charge in [0.25, 0.3) is 0 Å². The van der Waals surface area contributed by atoms with Crippen molar-refractivity contribution in [1.29, 1.82) is 0 Å². The highest BCUT2D eigenvalue weighted by Gasteiger charge is 2.86. The number of hydrogen-bond acceptors (Lipinski definition) is 0. The van der Waals surface area contributed by atoms with E-state index in [4.69, 9.17) is 0 Å². The Morgan fingerprint density at radius 1 is 0.429 bits per heavy atom. The average Bonchev–Trinajstić information content (AvgIpc) is 2.80. The van der Waals surface area contributed by atoms with E-state index in [0.29, 0.717) is 0 Å². The molecule has 8 aliphatic rings. The minimum atomic E-state index is -5.12. The van der Waals surface area contributed by atoms with Crippen molar-refractivity contribution >= 4 is 0 Å². The van der Waals surface area contributed by atoms with Gasteiger partial charge in [-0.15, -0.1) is 0 Å². The van der Waals surface area contributed by atoms with E-state index in [1.807, 2.05) is 0 Å². The van der Waals surface area contributed by atoms with Crippen LogP contribution in [0.3, 0.4) is 0 Å². The number of alkyl halides is 12. The van der Waals surface area contributed by atoms with Gasteiger partial charge in [-0.2, -0.15) is 52.7 Å². The van der Waals surface area contributed by atoms with Gasteiger partial charge in [0.1, 0.15) is 0 Å². The first kappa shape index (κ1) is 29.1. The van der Waals surface area contributed by atoms with Crippen LogP contribution >= 0.6 is 0 Å². The summed E-state index contributed by atoms with van der Waals surface area (Å²) in [7, 11) is 0. The zero-order valence-corrected chi connectivity index (χ0v) is 22.5. The summed E-state index contributed by atoms with van der Waals surface area (Å²) in [6.07, 6.45) is -29.1. The fourth-order valence-electron chi connectivity index (χ4n) is 12.6. The molecule has 4 atom stereocenters. The highest BCUT2D eigenvalue weighted by Crippen LogP contribution is 2.88. The number of halogens is 12. The van der Waals surface area contributed by atoms with Crippen molar-refractivity contribution in [1.82, 2.24) is 0 Å². The molecule has 0 aromatic heterocycles. The van der Waals surface area contributed by atoms with Crippen LogP contribution in [-0.4, -0.2) is 24.7 Å². The van der Waals surface area contributed by atoms with E-state index in [9.17, 15) is 26.3 Å². The van der Waals surface area contributed by atoms with Gasteiger partial charge in [-0.3, -0.25) is 0 Å². The lowest BCUT2D eigenvalue weighted by Gasteiger charge is -2.78. The van der Waals surface area contributed by atoms with Crippen molar-refractivity contribution in [3.63, 3.8) is 0 Å². The summed E-state index contributed by atoms with van der Waals surface area (Å²) < 4.78 is 180. The Hall–Kier alpha value is -1.62. The molecule has 1 aromatic rings. The predicted molar refractivity (Wildman–Crippen MR) is 126 cm³/mol. The van der Waals surface area contributed by atoms with E-state index in [-0.39, 0.29) is 18.4 Å². The Morgan fingerprint density at radius 2 is 0.833 bits per heavy atom. The first-order valence-corrected chi connectivity index (χ1v) is 14.3. The summed E-state index contributed by atoms with van der Waals surface area (Å²) >= 11 is 0. The molecule has 0 radical (unpaired) electrons. The summed E-state index contributed by atoms with van der Waals surface area (Å²) in [4.78, 5) is 0. The summed E-state index contributed by atoms with van der Waals surface area (Å²) in [6, 6.07) is 7.50. The molecule has 0 saturated heterocycles. The maximum atomic E-state index is 15.2. The van der Waals surface area contributed by atoms with E-state index in [2.05, 4.69) is 0 Å². The lowest BCUT2D eigenvalue weighted by atomic mass is 9.25. The predicted octanol–water partition coefficient (Wildman–Crippen LogP) is 10.5. The quantitative estimate of drug-likeness (QED) is 0.290. The zero-order chi connectivity index (χ0) is 30.7. The third-order valence-electron chi connectivity index (χ3n) is 13.0. The molecule has 0 nitrogen and oxygen atoms in total. The molecule has 234 valence electrons. The van der Waals surface area contributed by atoms with Gasteiger partial charge in [-0.25, -0.2) is 0 Å². The average molecular weight is 619 g/mol. The summed E-state index contributed by atoms with van der Waals surface area (Å²) in [6.45, 7) is 0. The lowest BCUT2D eigenvalue weighted by molar-refractivity contribution is -0.404. The Balaban J connectivity index is 1.51. The molecule has 0 aliphatic heterocycles. The normalized spacial score (nSPS) is 48.2. The maximum Gasteiger partial charge on any atom is 0.394 e. The van der Waals surface area contributed by atoms with Gasteiger partial charge in [0.15, 0.2) is 0 Å². The van der Waals surface area contributed by atoms with E-state index in [1.54, 1.807) is 6.07 Å². The fraction of sp³-hybridized carbons (Fsp3) is 0.800. The molecule has 42 heavy (non-hydrogen) atoms.